The zero-order valence-electron chi connectivity index (χ0n) is 13.9. The van der Waals surface area contributed by atoms with Gasteiger partial charge in [0, 0.05) is 0 Å². The van der Waals surface area contributed by atoms with Crippen LogP contribution >= 0.6 is 0 Å². The summed E-state index contributed by atoms with van der Waals surface area (Å²) in [5.41, 5.74) is 1.76. The average Bonchev–Trinajstić information content (AvgIpc) is 3.47. The summed E-state index contributed by atoms with van der Waals surface area (Å²) in [4.78, 5) is 8.87. The van der Waals surface area contributed by atoms with E-state index in [0.29, 0.717) is 8.63 Å². The van der Waals surface area contributed by atoms with Gasteiger partial charge in [0.2, 0.25) is 0 Å². The van der Waals surface area contributed by atoms with Crippen molar-refractivity contribution in [1.29, 1.82) is 0 Å². The van der Waals surface area contributed by atoms with E-state index in [1.807, 2.05) is 0 Å². The van der Waals surface area contributed by atoms with Crippen LogP contribution in [0.3, 0.4) is 0 Å². The van der Waals surface area contributed by atoms with Crippen molar-refractivity contribution in [3.05, 3.63) is 35.9 Å². The van der Waals surface area contributed by atoms with Crippen LogP contribution in [0.15, 0.2) is 30.3 Å². The maximum atomic E-state index is 6.62. The number of hydrogen-bond acceptors (Lipinski definition) is 0. The molecule has 0 bridgehead atoms. The molecule has 118 valence electrons. The van der Waals surface area contributed by atoms with Crippen molar-refractivity contribution in [2.24, 2.45) is 0 Å². The summed E-state index contributed by atoms with van der Waals surface area (Å²) in [6.45, 7) is 4.58. The quantitative estimate of drug-likeness (QED) is 0.468. The molecule has 0 aromatic heterocycles. The molecule has 23 heavy (non-hydrogen) atoms. The van der Waals surface area contributed by atoms with Crippen molar-refractivity contribution in [2.75, 3.05) is 0 Å². The topological polar surface area (TPSA) is 0 Å². The van der Waals surface area contributed by atoms with Crippen LogP contribution in [0.5, 0.6) is 0 Å². The van der Waals surface area contributed by atoms with Crippen LogP contribution in [0.25, 0.3) is 0 Å². The van der Waals surface area contributed by atoms with Crippen LogP contribution in [0, 0.1) is 12.3 Å². The van der Waals surface area contributed by atoms with Crippen LogP contribution in [0.4, 0.5) is 0 Å². The number of rotatable bonds is 2. The van der Waals surface area contributed by atoms with Crippen molar-refractivity contribution in [2.45, 2.75) is 65.9 Å². The first-order chi connectivity index (χ1) is 10.7. The summed E-state index contributed by atoms with van der Waals surface area (Å²) in [5, 5.41) is 0. The number of terminal acetylenes is 1. The molecule has 10 saturated heterocycles. The standard InChI is InChI=1S/C16H17Si.C5H5.Fe/c1-5-14-15(13-9-7-6-8-10-13)11-12-16(14)17(2,3)4;1-2-4-5-3-1;/h1,6-12H,2-4H3;1-5H;. The Labute approximate surface area is 128 Å². The number of hydrogen-bond donors (Lipinski definition) is 0. The van der Waals surface area contributed by atoms with Gasteiger partial charge in [-0.2, -0.15) is 0 Å². The third-order valence-corrected chi connectivity index (χ3v) is 69.8. The Bertz CT molecular complexity index is 1400. The summed E-state index contributed by atoms with van der Waals surface area (Å²) in [6.07, 6.45) is 6.62. The van der Waals surface area contributed by atoms with Gasteiger partial charge in [0.05, 0.1) is 0 Å². The fourth-order valence-corrected chi connectivity index (χ4v) is 124. The second kappa shape index (κ2) is 0.933. The zero-order valence-corrected chi connectivity index (χ0v) is 16.0. The Morgan fingerprint density at radius 3 is 1.91 bits per heavy atom. The summed E-state index contributed by atoms with van der Waals surface area (Å²) >= 11 is 0. The first kappa shape index (κ1) is 9.86. The maximum absolute atomic E-state index is 6.62. The Morgan fingerprint density at radius 1 is 0.957 bits per heavy atom. The Kier molecular flexibility index (Phi) is 0.400. The van der Waals surface area contributed by atoms with Gasteiger partial charge < -0.3 is 0 Å². The van der Waals surface area contributed by atoms with E-state index in [4.69, 9.17) is 6.42 Å². The van der Waals surface area contributed by atoms with Crippen molar-refractivity contribution in [1.82, 2.24) is 0 Å². The monoisotopic (exact) mass is 358 g/mol. The van der Waals surface area contributed by atoms with E-state index in [1.165, 1.54) is 33.7 Å². The zero-order chi connectivity index (χ0) is 15.2. The minimum absolute atomic E-state index is 0.505. The molecule has 10 aliphatic heterocycles. The van der Waals surface area contributed by atoms with E-state index in [1.54, 1.807) is 5.56 Å². The molecule has 1 aromatic carbocycles. The molecule has 0 aliphatic carbocycles. The van der Waals surface area contributed by atoms with Crippen molar-refractivity contribution in [3.8, 4) is 12.3 Å². The molecular formula is C21H22FeSi. The van der Waals surface area contributed by atoms with Crippen LogP contribution < -0.4 is 0 Å². The van der Waals surface area contributed by atoms with Gasteiger partial charge in [-0.3, -0.25) is 0 Å². The predicted molar refractivity (Wildman–Crippen MR) is 91.9 cm³/mol. The predicted octanol–water partition coefficient (Wildman–Crippen LogP) is 5.73. The normalized spacial score (nSPS) is 97.9. The van der Waals surface area contributed by atoms with E-state index in [9.17, 15) is 0 Å². The molecule has 10 fully saturated rings. The molecule has 0 nitrogen and oxygen atoms in total. The molecule has 1 aromatic rings. The molecule has 1 spiro atoms. The van der Waals surface area contributed by atoms with E-state index in [2.05, 4.69) is 55.9 Å². The van der Waals surface area contributed by atoms with Gasteiger partial charge in [0.1, 0.15) is 0 Å². The third-order valence-electron chi connectivity index (χ3n) is 17.5. The molecule has 11 rings (SSSR count). The Hall–Kier alpha value is -0.484. The fraction of sp³-hybridized carbons (Fsp3) is 0.619. The summed E-state index contributed by atoms with van der Waals surface area (Å²) in [5.74, 6) is 3.77. The van der Waals surface area contributed by atoms with E-state index in [0.717, 1.165) is 3.94 Å². The molecule has 0 N–H and O–H groups in total. The van der Waals surface area contributed by atoms with E-state index < -0.39 is 14.6 Å². The molecule has 10 aliphatic rings. The fourth-order valence-electron chi connectivity index (χ4n) is 21.0. The summed E-state index contributed by atoms with van der Waals surface area (Å²) in [7, 11) is -1.22. The summed E-state index contributed by atoms with van der Waals surface area (Å²) < 4.78 is 2.00. The Balaban J connectivity index is 1.55. The van der Waals surface area contributed by atoms with Crippen molar-refractivity contribution in [3.63, 3.8) is 0 Å². The van der Waals surface area contributed by atoms with Crippen molar-refractivity contribution >= 4 is 8.07 Å². The number of benzene rings is 1. The molecule has 0 amide bonds. The second-order valence-corrected chi connectivity index (χ2v) is 42.2. The van der Waals surface area contributed by atoms with Crippen molar-refractivity contribution < 1.29 is 6.51 Å². The van der Waals surface area contributed by atoms with Crippen LogP contribution in [0.2, 0.25) is 61.6 Å². The van der Waals surface area contributed by atoms with Gasteiger partial charge in [-0.25, -0.2) is 0 Å². The van der Waals surface area contributed by atoms with Gasteiger partial charge in [0.15, 0.2) is 0 Å². The van der Waals surface area contributed by atoms with Crippen LogP contribution in [0.1, 0.15) is 5.56 Å². The SMILES string of the molecule is C#C[C]12[C]3(c4ccccc4)[CH]4[CH]5[C]1([Si](C)(C)C)[Fe]45321678[CH]2[CH]1[CH]6[CH]7[CH]28. The molecule has 5 unspecified atom stereocenters. The van der Waals surface area contributed by atoms with Crippen LogP contribution in [-0.2, 0) is 10.8 Å². The molecule has 10 heterocycles. The second-order valence-electron chi connectivity index (χ2n) is 13.6. The number of fused-ring (bicyclic) bond motifs is 10. The van der Waals surface area contributed by atoms with E-state index in [-0.39, 0.29) is 0 Å². The Morgan fingerprint density at radius 2 is 1.52 bits per heavy atom. The average molecular weight is 358 g/mol. The first-order valence-corrected chi connectivity index (χ1v) is 19.1. The molecular weight excluding hydrogens is 336 g/mol. The van der Waals surface area contributed by atoms with E-state index >= 15 is 0 Å². The van der Waals surface area contributed by atoms with Crippen LogP contribution in [-0.4, -0.2) is 8.07 Å². The molecule has 2 heteroatoms. The van der Waals surface area contributed by atoms with Gasteiger partial charge >= 0.3 is 129 Å². The van der Waals surface area contributed by atoms with Gasteiger partial charge in [-0.1, -0.05) is 0 Å². The first-order valence-electron chi connectivity index (χ1n) is 9.49. The molecule has 0 radical (unpaired) electrons. The minimum atomic E-state index is -3.61. The van der Waals surface area contributed by atoms with Gasteiger partial charge in [-0.05, 0) is 0 Å². The summed E-state index contributed by atoms with van der Waals surface area (Å²) in [6, 6.07) is 11.9. The van der Waals surface area contributed by atoms with Gasteiger partial charge in [-0.15, -0.1) is 0 Å². The molecule has 5 atom stereocenters. The third kappa shape index (κ3) is 0.115. The molecule has 0 saturated carbocycles. The van der Waals surface area contributed by atoms with Gasteiger partial charge in [0.25, 0.3) is 0 Å².